The van der Waals surface area contributed by atoms with Gasteiger partial charge in [0.2, 0.25) is 0 Å². The lowest BCUT2D eigenvalue weighted by atomic mass is 9.88. The Kier molecular flexibility index (Phi) is 5.58. The van der Waals surface area contributed by atoms with Crippen molar-refractivity contribution in [3.63, 3.8) is 0 Å². The van der Waals surface area contributed by atoms with E-state index in [1.807, 2.05) is 13.0 Å². The average Bonchev–Trinajstić information content (AvgIpc) is 2.83. The predicted molar refractivity (Wildman–Crippen MR) is 85.9 cm³/mol. The van der Waals surface area contributed by atoms with Gasteiger partial charge in [0.05, 0.1) is 6.10 Å². The molecule has 6 heteroatoms. The molecule has 0 radical (unpaired) electrons. The molecule has 0 aromatic carbocycles. The maximum Gasteiger partial charge on any atom is 0.125 e. The molecule has 1 saturated carbocycles. The highest BCUT2D eigenvalue weighted by Gasteiger charge is 2.42. The molecular weight excluding hydrogens is 294 g/mol. The predicted octanol–water partition coefficient (Wildman–Crippen LogP) is 0.454. The zero-order valence-corrected chi connectivity index (χ0v) is 13.7. The summed E-state index contributed by atoms with van der Waals surface area (Å²) < 4.78 is 5.42. The van der Waals surface area contributed by atoms with Crippen LogP contribution in [0.3, 0.4) is 0 Å². The molecule has 128 valence electrons. The SMILES string of the molecule is Cc1nccc(CC2C(NC3CCOCC3)CC(O)C2CO)n1. The van der Waals surface area contributed by atoms with Gasteiger partial charge in [0.1, 0.15) is 5.82 Å². The summed E-state index contributed by atoms with van der Waals surface area (Å²) in [6.45, 7) is 3.49. The molecule has 1 aliphatic heterocycles. The molecule has 0 bridgehead atoms. The maximum atomic E-state index is 10.3. The molecular formula is C17H27N3O3. The number of aliphatic hydroxyl groups is 2. The lowest BCUT2D eigenvalue weighted by Gasteiger charge is -2.31. The van der Waals surface area contributed by atoms with Crippen molar-refractivity contribution in [2.24, 2.45) is 11.8 Å². The molecule has 2 heterocycles. The van der Waals surface area contributed by atoms with Crippen molar-refractivity contribution in [1.82, 2.24) is 15.3 Å². The minimum atomic E-state index is -0.453. The number of hydrogen-bond donors (Lipinski definition) is 3. The molecule has 0 amide bonds. The molecule has 6 nitrogen and oxygen atoms in total. The van der Waals surface area contributed by atoms with E-state index >= 15 is 0 Å². The van der Waals surface area contributed by atoms with Crippen LogP contribution >= 0.6 is 0 Å². The van der Waals surface area contributed by atoms with Crippen LogP contribution in [-0.2, 0) is 11.2 Å². The lowest BCUT2D eigenvalue weighted by Crippen LogP contribution is -2.44. The monoisotopic (exact) mass is 321 g/mol. The van der Waals surface area contributed by atoms with Gasteiger partial charge in [0.25, 0.3) is 0 Å². The molecule has 1 saturated heterocycles. The van der Waals surface area contributed by atoms with Gasteiger partial charge in [-0.15, -0.1) is 0 Å². The van der Waals surface area contributed by atoms with Crippen LogP contribution in [-0.4, -0.2) is 58.2 Å². The number of nitrogens with zero attached hydrogens (tertiary/aromatic N) is 2. The van der Waals surface area contributed by atoms with Gasteiger partial charge in [-0.25, -0.2) is 9.97 Å². The first-order valence-corrected chi connectivity index (χ1v) is 8.58. The first-order chi connectivity index (χ1) is 11.2. The highest BCUT2D eigenvalue weighted by molar-refractivity contribution is 5.07. The van der Waals surface area contributed by atoms with Crippen LogP contribution in [0.4, 0.5) is 0 Å². The Bertz CT molecular complexity index is 508. The molecule has 1 aromatic heterocycles. The van der Waals surface area contributed by atoms with E-state index in [9.17, 15) is 10.2 Å². The Morgan fingerprint density at radius 2 is 2.09 bits per heavy atom. The van der Waals surface area contributed by atoms with E-state index in [1.54, 1.807) is 6.20 Å². The minimum Gasteiger partial charge on any atom is -0.396 e. The van der Waals surface area contributed by atoms with E-state index in [2.05, 4.69) is 15.3 Å². The third-order valence-corrected chi connectivity index (χ3v) is 5.22. The smallest absolute Gasteiger partial charge is 0.125 e. The summed E-state index contributed by atoms with van der Waals surface area (Å²) in [5.41, 5.74) is 0.980. The Morgan fingerprint density at radius 1 is 1.30 bits per heavy atom. The molecule has 2 aliphatic rings. The third kappa shape index (κ3) is 4.07. The highest BCUT2D eigenvalue weighted by atomic mass is 16.5. The zero-order chi connectivity index (χ0) is 16.2. The Labute approximate surface area is 137 Å². The summed E-state index contributed by atoms with van der Waals surface area (Å²) in [5, 5.41) is 23.8. The van der Waals surface area contributed by atoms with E-state index in [4.69, 9.17) is 4.74 Å². The Balaban J connectivity index is 1.71. The van der Waals surface area contributed by atoms with Crippen LogP contribution in [0, 0.1) is 18.8 Å². The first kappa shape index (κ1) is 16.8. The summed E-state index contributed by atoms with van der Waals surface area (Å²) >= 11 is 0. The number of aromatic nitrogens is 2. The van der Waals surface area contributed by atoms with Crippen LogP contribution in [0.15, 0.2) is 12.3 Å². The molecule has 4 atom stereocenters. The summed E-state index contributed by atoms with van der Waals surface area (Å²) in [7, 11) is 0. The zero-order valence-electron chi connectivity index (χ0n) is 13.7. The van der Waals surface area contributed by atoms with Crippen LogP contribution in [0.25, 0.3) is 0 Å². The van der Waals surface area contributed by atoms with Gasteiger partial charge in [-0.05, 0) is 44.6 Å². The molecule has 23 heavy (non-hydrogen) atoms. The van der Waals surface area contributed by atoms with Crippen LogP contribution in [0.2, 0.25) is 0 Å². The van der Waals surface area contributed by atoms with Gasteiger partial charge in [0.15, 0.2) is 0 Å². The summed E-state index contributed by atoms with van der Waals surface area (Å²) in [6.07, 6.45) is 4.79. The summed E-state index contributed by atoms with van der Waals surface area (Å²) in [6, 6.07) is 2.58. The summed E-state index contributed by atoms with van der Waals surface area (Å²) in [5.74, 6) is 0.852. The van der Waals surface area contributed by atoms with E-state index < -0.39 is 6.10 Å². The fourth-order valence-electron chi connectivity index (χ4n) is 3.96. The fourth-order valence-corrected chi connectivity index (χ4v) is 3.96. The summed E-state index contributed by atoms with van der Waals surface area (Å²) in [4.78, 5) is 8.63. The van der Waals surface area contributed by atoms with Crippen LogP contribution in [0.5, 0.6) is 0 Å². The quantitative estimate of drug-likeness (QED) is 0.730. The van der Waals surface area contributed by atoms with Gasteiger partial charge in [-0.1, -0.05) is 0 Å². The molecule has 0 spiro atoms. The second-order valence-corrected chi connectivity index (χ2v) is 6.77. The molecule has 4 unspecified atom stereocenters. The van der Waals surface area contributed by atoms with Crippen molar-refractivity contribution in [2.75, 3.05) is 19.8 Å². The lowest BCUT2D eigenvalue weighted by molar-refractivity contribution is 0.0678. The van der Waals surface area contributed by atoms with Crippen molar-refractivity contribution in [2.45, 2.75) is 50.8 Å². The number of rotatable bonds is 5. The van der Waals surface area contributed by atoms with Crippen LogP contribution < -0.4 is 5.32 Å². The van der Waals surface area contributed by atoms with E-state index in [0.717, 1.165) is 44.0 Å². The number of nitrogens with one attached hydrogen (secondary N) is 1. The fraction of sp³-hybridized carbons (Fsp3) is 0.765. The van der Waals surface area contributed by atoms with Gasteiger partial charge in [0, 0.05) is 49.7 Å². The van der Waals surface area contributed by atoms with E-state index in [1.165, 1.54) is 0 Å². The van der Waals surface area contributed by atoms with E-state index in [0.29, 0.717) is 12.5 Å². The average molecular weight is 321 g/mol. The Hall–Kier alpha value is -1.08. The van der Waals surface area contributed by atoms with Crippen molar-refractivity contribution < 1.29 is 14.9 Å². The first-order valence-electron chi connectivity index (χ1n) is 8.58. The molecule has 3 N–H and O–H groups in total. The minimum absolute atomic E-state index is 0.0157. The van der Waals surface area contributed by atoms with Crippen molar-refractivity contribution in [3.05, 3.63) is 23.8 Å². The molecule has 3 rings (SSSR count). The van der Waals surface area contributed by atoms with Gasteiger partial charge >= 0.3 is 0 Å². The second-order valence-electron chi connectivity index (χ2n) is 6.77. The van der Waals surface area contributed by atoms with Gasteiger partial charge in [-0.2, -0.15) is 0 Å². The standard InChI is InChI=1S/C17H27N3O3/c1-11-18-5-2-13(19-11)8-14-15(10-21)17(22)9-16(14)20-12-3-6-23-7-4-12/h2,5,12,14-17,20-22H,3-4,6-10H2,1H3. The van der Waals surface area contributed by atoms with Crippen molar-refractivity contribution >= 4 is 0 Å². The largest absolute Gasteiger partial charge is 0.396 e. The molecule has 1 aliphatic carbocycles. The highest BCUT2D eigenvalue weighted by Crippen LogP contribution is 2.35. The molecule has 2 fully saturated rings. The van der Waals surface area contributed by atoms with Crippen molar-refractivity contribution in [1.29, 1.82) is 0 Å². The normalized spacial score (nSPS) is 32.3. The van der Waals surface area contributed by atoms with Gasteiger partial charge in [-0.3, -0.25) is 0 Å². The number of aryl methyl sites for hydroxylation is 1. The number of ether oxygens (including phenoxy) is 1. The topological polar surface area (TPSA) is 87.5 Å². The second kappa shape index (κ2) is 7.66. The van der Waals surface area contributed by atoms with Crippen LogP contribution in [0.1, 0.15) is 30.8 Å². The third-order valence-electron chi connectivity index (χ3n) is 5.22. The van der Waals surface area contributed by atoms with Gasteiger partial charge < -0.3 is 20.3 Å². The van der Waals surface area contributed by atoms with E-state index in [-0.39, 0.29) is 24.5 Å². The van der Waals surface area contributed by atoms with Crippen molar-refractivity contribution in [3.8, 4) is 0 Å². The maximum absolute atomic E-state index is 10.3. The molecule has 1 aromatic rings. The number of aliphatic hydroxyl groups excluding tert-OH is 2. The number of hydrogen-bond acceptors (Lipinski definition) is 6. The Morgan fingerprint density at radius 3 is 2.78 bits per heavy atom.